The molecule has 0 saturated heterocycles. The van der Waals surface area contributed by atoms with Gasteiger partial charge in [-0.15, -0.1) is 0 Å². The van der Waals surface area contributed by atoms with Crippen molar-refractivity contribution < 1.29 is 14.1 Å². The van der Waals surface area contributed by atoms with Crippen molar-refractivity contribution in [3.8, 4) is 17.1 Å². The molecule has 0 saturated carbocycles. The van der Waals surface area contributed by atoms with Gasteiger partial charge in [-0.1, -0.05) is 41.0 Å². The molecule has 25 heavy (non-hydrogen) atoms. The van der Waals surface area contributed by atoms with E-state index in [4.69, 9.17) is 20.9 Å². The maximum absolute atomic E-state index is 12.3. The summed E-state index contributed by atoms with van der Waals surface area (Å²) < 4.78 is 10.8. The van der Waals surface area contributed by atoms with Gasteiger partial charge in [0.2, 0.25) is 11.7 Å². The number of carbonyl (C=O) groups is 1. The number of aromatic nitrogens is 2. The van der Waals surface area contributed by atoms with Crippen LogP contribution in [0.4, 0.5) is 5.69 Å². The molecule has 0 fully saturated rings. The third-order valence-electron chi connectivity index (χ3n) is 4.01. The van der Waals surface area contributed by atoms with Crippen LogP contribution in [0.2, 0.25) is 5.02 Å². The molecule has 0 bridgehead atoms. The van der Waals surface area contributed by atoms with E-state index in [-0.39, 0.29) is 19.1 Å². The van der Waals surface area contributed by atoms with E-state index < -0.39 is 0 Å². The van der Waals surface area contributed by atoms with Crippen LogP contribution in [0.15, 0.2) is 47.0 Å². The fraction of sp³-hybridized carbons (Fsp3) is 0.167. The first-order valence-electron chi connectivity index (χ1n) is 7.73. The van der Waals surface area contributed by atoms with Crippen molar-refractivity contribution in [2.45, 2.75) is 13.5 Å². The fourth-order valence-electron chi connectivity index (χ4n) is 2.74. The molecule has 0 N–H and O–H groups in total. The largest absolute Gasteiger partial charge is 0.482 e. The summed E-state index contributed by atoms with van der Waals surface area (Å²) >= 11 is 6.05. The number of benzene rings is 2. The van der Waals surface area contributed by atoms with Crippen molar-refractivity contribution in [1.82, 2.24) is 10.1 Å². The SMILES string of the molecule is Cc1ccccc1-c1noc(CN2C(=O)COc3ccc(Cl)cc32)n1. The fourth-order valence-corrected chi connectivity index (χ4v) is 2.90. The zero-order chi connectivity index (χ0) is 17.4. The van der Waals surface area contributed by atoms with Crippen LogP contribution in [-0.2, 0) is 11.3 Å². The number of halogens is 1. The normalized spacial score (nSPS) is 13.5. The number of ether oxygens (including phenoxy) is 1. The number of hydrogen-bond donors (Lipinski definition) is 0. The topological polar surface area (TPSA) is 68.5 Å². The molecule has 1 aliphatic rings. The minimum atomic E-state index is -0.189. The van der Waals surface area contributed by atoms with Crippen molar-refractivity contribution >= 4 is 23.2 Å². The van der Waals surface area contributed by atoms with Gasteiger partial charge in [-0.3, -0.25) is 9.69 Å². The molecule has 0 aliphatic carbocycles. The molecule has 126 valence electrons. The van der Waals surface area contributed by atoms with Crippen LogP contribution in [0.25, 0.3) is 11.4 Å². The lowest BCUT2D eigenvalue weighted by Gasteiger charge is -2.28. The molecular weight excluding hydrogens is 342 g/mol. The second-order valence-electron chi connectivity index (χ2n) is 5.71. The Labute approximate surface area is 149 Å². The van der Waals surface area contributed by atoms with E-state index in [1.54, 1.807) is 23.1 Å². The molecule has 4 rings (SSSR count). The molecular formula is C18H14ClN3O3. The molecule has 1 aliphatic heterocycles. The van der Waals surface area contributed by atoms with Crippen LogP contribution >= 0.6 is 11.6 Å². The number of nitrogens with zero attached hydrogens (tertiary/aromatic N) is 3. The van der Waals surface area contributed by atoms with E-state index >= 15 is 0 Å². The van der Waals surface area contributed by atoms with Gasteiger partial charge in [-0.2, -0.15) is 4.98 Å². The molecule has 7 heteroatoms. The van der Waals surface area contributed by atoms with Crippen LogP contribution in [-0.4, -0.2) is 22.7 Å². The van der Waals surface area contributed by atoms with Crippen molar-refractivity contribution in [2.75, 3.05) is 11.5 Å². The first kappa shape index (κ1) is 15.7. The second kappa shape index (κ2) is 6.22. The minimum absolute atomic E-state index is 0.0343. The van der Waals surface area contributed by atoms with Crippen LogP contribution in [0.3, 0.4) is 0 Å². The van der Waals surface area contributed by atoms with Gasteiger partial charge in [0.05, 0.1) is 5.69 Å². The number of fused-ring (bicyclic) bond motifs is 1. The van der Waals surface area contributed by atoms with Crippen LogP contribution < -0.4 is 9.64 Å². The third kappa shape index (κ3) is 2.96. The maximum Gasteiger partial charge on any atom is 0.265 e. The number of aryl methyl sites for hydroxylation is 1. The molecule has 0 atom stereocenters. The minimum Gasteiger partial charge on any atom is -0.482 e. The number of carbonyl (C=O) groups excluding carboxylic acids is 1. The van der Waals surface area contributed by atoms with E-state index in [1.807, 2.05) is 31.2 Å². The van der Waals surface area contributed by atoms with E-state index in [9.17, 15) is 4.79 Å². The number of anilines is 1. The number of amides is 1. The van der Waals surface area contributed by atoms with Gasteiger partial charge < -0.3 is 9.26 Å². The summed E-state index contributed by atoms with van der Waals surface area (Å²) in [6.07, 6.45) is 0. The second-order valence-corrected chi connectivity index (χ2v) is 6.14. The van der Waals surface area contributed by atoms with Crippen LogP contribution in [0, 0.1) is 6.92 Å². The lowest BCUT2D eigenvalue weighted by atomic mass is 10.1. The third-order valence-corrected chi connectivity index (χ3v) is 4.25. The summed E-state index contributed by atoms with van der Waals surface area (Å²) in [5.41, 5.74) is 2.54. The Hall–Kier alpha value is -2.86. The lowest BCUT2D eigenvalue weighted by molar-refractivity contribution is -0.121. The average molecular weight is 356 g/mol. The summed E-state index contributed by atoms with van der Waals surface area (Å²) in [5, 5.41) is 4.55. The highest BCUT2D eigenvalue weighted by molar-refractivity contribution is 6.31. The van der Waals surface area contributed by atoms with Crippen LogP contribution in [0.5, 0.6) is 5.75 Å². The molecule has 1 aromatic heterocycles. The van der Waals surface area contributed by atoms with Gasteiger partial charge in [-0.25, -0.2) is 0 Å². The predicted molar refractivity (Wildman–Crippen MR) is 92.6 cm³/mol. The lowest BCUT2D eigenvalue weighted by Crippen LogP contribution is -2.38. The van der Waals surface area contributed by atoms with Gasteiger partial charge in [-0.05, 0) is 30.7 Å². The zero-order valence-electron chi connectivity index (χ0n) is 13.4. The van der Waals surface area contributed by atoms with Crippen molar-refractivity contribution in [3.63, 3.8) is 0 Å². The number of rotatable bonds is 3. The van der Waals surface area contributed by atoms with Gasteiger partial charge in [0.1, 0.15) is 12.3 Å². The Balaban J connectivity index is 1.64. The summed E-state index contributed by atoms with van der Waals surface area (Å²) in [5.74, 6) is 1.26. The Morgan fingerprint density at radius 1 is 1.24 bits per heavy atom. The van der Waals surface area contributed by atoms with E-state index in [2.05, 4.69) is 10.1 Å². The molecule has 0 radical (unpaired) electrons. The van der Waals surface area contributed by atoms with E-state index in [1.165, 1.54) is 0 Å². The standard InChI is InChI=1S/C18H14ClN3O3/c1-11-4-2-3-5-13(11)18-20-16(25-21-18)9-22-14-8-12(19)6-7-15(14)24-10-17(22)23/h2-8H,9-10H2,1H3. The van der Waals surface area contributed by atoms with Crippen LogP contribution in [0.1, 0.15) is 11.5 Å². The van der Waals surface area contributed by atoms with E-state index in [0.717, 1.165) is 11.1 Å². The summed E-state index contributed by atoms with van der Waals surface area (Å²) in [6, 6.07) is 12.9. The first-order valence-corrected chi connectivity index (χ1v) is 8.11. The highest BCUT2D eigenvalue weighted by Gasteiger charge is 2.27. The molecule has 0 unspecified atom stereocenters. The summed E-state index contributed by atoms with van der Waals surface area (Å²) in [6.45, 7) is 2.11. The van der Waals surface area contributed by atoms with Gasteiger partial charge >= 0.3 is 0 Å². The van der Waals surface area contributed by atoms with Gasteiger partial charge in [0, 0.05) is 10.6 Å². The first-order chi connectivity index (χ1) is 12.1. The number of hydrogen-bond acceptors (Lipinski definition) is 5. The highest BCUT2D eigenvalue weighted by Crippen LogP contribution is 2.35. The predicted octanol–water partition coefficient (Wildman–Crippen LogP) is 3.62. The van der Waals surface area contributed by atoms with Crippen molar-refractivity contribution in [3.05, 3.63) is 58.9 Å². The quantitative estimate of drug-likeness (QED) is 0.717. The molecule has 2 aromatic carbocycles. The monoisotopic (exact) mass is 355 g/mol. The summed E-state index contributed by atoms with van der Waals surface area (Å²) in [7, 11) is 0. The molecule has 1 amide bonds. The van der Waals surface area contributed by atoms with Gasteiger partial charge in [0.15, 0.2) is 6.61 Å². The maximum atomic E-state index is 12.3. The van der Waals surface area contributed by atoms with Crippen molar-refractivity contribution in [2.24, 2.45) is 0 Å². The van der Waals surface area contributed by atoms with Gasteiger partial charge in [0.25, 0.3) is 5.91 Å². The Kier molecular flexibility index (Phi) is 3.89. The average Bonchev–Trinajstić information content (AvgIpc) is 3.06. The zero-order valence-corrected chi connectivity index (χ0v) is 14.2. The Morgan fingerprint density at radius 2 is 2.08 bits per heavy atom. The molecule has 3 aromatic rings. The Bertz CT molecular complexity index is 954. The molecule has 2 heterocycles. The molecule has 6 nitrogen and oxygen atoms in total. The smallest absolute Gasteiger partial charge is 0.265 e. The van der Waals surface area contributed by atoms with Crippen molar-refractivity contribution in [1.29, 1.82) is 0 Å². The molecule has 0 spiro atoms. The van der Waals surface area contributed by atoms with E-state index in [0.29, 0.717) is 28.2 Å². The highest BCUT2D eigenvalue weighted by atomic mass is 35.5. The summed E-state index contributed by atoms with van der Waals surface area (Å²) in [4.78, 5) is 18.2. The Morgan fingerprint density at radius 3 is 2.92 bits per heavy atom.